The molecule has 0 bridgehead atoms. The molecular weight excluding hydrogens is 307 g/mol. The second kappa shape index (κ2) is 8.91. The molecule has 1 aromatic carbocycles. The Morgan fingerprint density at radius 2 is 1.83 bits per heavy atom. The average molecular weight is 331 g/mol. The summed E-state index contributed by atoms with van der Waals surface area (Å²) in [6, 6.07) is 4.96. The summed E-state index contributed by atoms with van der Waals surface area (Å²) >= 11 is 0. The van der Waals surface area contributed by atoms with Crippen molar-refractivity contribution in [1.29, 1.82) is 0 Å². The van der Waals surface area contributed by atoms with E-state index in [0.717, 1.165) is 17.7 Å². The fourth-order valence-corrected chi connectivity index (χ4v) is 2.23. The van der Waals surface area contributed by atoms with E-state index in [4.69, 9.17) is 4.74 Å². The lowest BCUT2D eigenvalue weighted by Crippen LogP contribution is -2.36. The minimum atomic E-state index is -4.33. The topological polar surface area (TPSA) is 29.5 Å². The average Bonchev–Trinajstić information content (AvgIpc) is 2.48. The summed E-state index contributed by atoms with van der Waals surface area (Å²) in [5, 5.41) is 0. The Kier molecular flexibility index (Phi) is 7.55. The molecule has 0 aliphatic rings. The number of benzene rings is 1. The van der Waals surface area contributed by atoms with E-state index in [-0.39, 0.29) is 12.3 Å². The Morgan fingerprint density at radius 1 is 1.22 bits per heavy atom. The van der Waals surface area contributed by atoms with Gasteiger partial charge in [-0.05, 0) is 30.0 Å². The summed E-state index contributed by atoms with van der Waals surface area (Å²) in [6.07, 6.45) is -3.62. The summed E-state index contributed by atoms with van der Waals surface area (Å²) in [7, 11) is 1.58. The maximum atomic E-state index is 12.5. The van der Waals surface area contributed by atoms with Gasteiger partial charge in [0.2, 0.25) is 5.91 Å². The zero-order valence-electron chi connectivity index (χ0n) is 13.8. The Labute approximate surface area is 135 Å². The number of rotatable bonds is 8. The minimum absolute atomic E-state index is 0.00403. The molecule has 0 aromatic heterocycles. The van der Waals surface area contributed by atoms with Gasteiger partial charge in [-0.2, -0.15) is 13.2 Å². The second-order valence-electron chi connectivity index (χ2n) is 5.92. The van der Waals surface area contributed by atoms with Crippen LogP contribution in [0.15, 0.2) is 24.3 Å². The normalized spacial score (nSPS) is 11.8. The SMILES string of the molecule is COCCN(CC(C)C)C(=O)CCc1ccc(C(F)(F)F)cc1. The molecule has 3 nitrogen and oxygen atoms in total. The molecule has 0 N–H and O–H groups in total. The van der Waals surface area contributed by atoms with Gasteiger partial charge in [0.15, 0.2) is 0 Å². The number of carbonyl (C=O) groups excluding carboxylic acids is 1. The van der Waals surface area contributed by atoms with Crippen LogP contribution in [-0.2, 0) is 22.1 Å². The van der Waals surface area contributed by atoms with Crippen molar-refractivity contribution in [1.82, 2.24) is 4.90 Å². The van der Waals surface area contributed by atoms with Crippen molar-refractivity contribution in [3.05, 3.63) is 35.4 Å². The maximum absolute atomic E-state index is 12.5. The molecule has 0 fully saturated rings. The van der Waals surface area contributed by atoms with Crippen LogP contribution in [0.2, 0.25) is 0 Å². The first-order chi connectivity index (χ1) is 10.7. The standard InChI is InChI=1S/C17H24F3NO2/c1-13(2)12-21(10-11-23-3)16(22)9-6-14-4-7-15(8-5-14)17(18,19)20/h4-5,7-8,13H,6,9-12H2,1-3H3. The van der Waals surface area contributed by atoms with Crippen LogP contribution in [-0.4, -0.2) is 37.6 Å². The zero-order valence-corrected chi connectivity index (χ0v) is 13.8. The number of alkyl halides is 3. The summed E-state index contributed by atoms with van der Waals surface area (Å²) in [5.74, 6) is 0.345. The smallest absolute Gasteiger partial charge is 0.383 e. The fourth-order valence-electron chi connectivity index (χ4n) is 2.23. The van der Waals surface area contributed by atoms with Crippen LogP contribution < -0.4 is 0 Å². The molecule has 0 saturated carbocycles. The van der Waals surface area contributed by atoms with Crippen molar-refractivity contribution in [3.63, 3.8) is 0 Å². The highest BCUT2D eigenvalue weighted by Crippen LogP contribution is 2.29. The van der Waals surface area contributed by atoms with Gasteiger partial charge < -0.3 is 9.64 Å². The lowest BCUT2D eigenvalue weighted by molar-refractivity contribution is -0.137. The monoisotopic (exact) mass is 331 g/mol. The summed E-state index contributed by atoms with van der Waals surface area (Å²) in [6.45, 7) is 5.71. The lowest BCUT2D eigenvalue weighted by Gasteiger charge is -2.24. The molecule has 0 atom stereocenters. The van der Waals surface area contributed by atoms with Crippen molar-refractivity contribution >= 4 is 5.91 Å². The van der Waals surface area contributed by atoms with E-state index >= 15 is 0 Å². The molecule has 0 heterocycles. The number of hydrogen-bond donors (Lipinski definition) is 0. The van der Waals surface area contributed by atoms with Crippen LogP contribution in [0.1, 0.15) is 31.4 Å². The number of carbonyl (C=O) groups is 1. The van der Waals surface area contributed by atoms with Crippen LogP contribution in [0.3, 0.4) is 0 Å². The van der Waals surface area contributed by atoms with Gasteiger partial charge in [0.25, 0.3) is 0 Å². The molecule has 0 aliphatic carbocycles. The van der Waals surface area contributed by atoms with Gasteiger partial charge in [-0.3, -0.25) is 4.79 Å². The quantitative estimate of drug-likeness (QED) is 0.726. The van der Waals surface area contributed by atoms with Crippen LogP contribution in [0.5, 0.6) is 0 Å². The molecular formula is C17H24F3NO2. The maximum Gasteiger partial charge on any atom is 0.416 e. The van der Waals surface area contributed by atoms with Gasteiger partial charge in [-0.25, -0.2) is 0 Å². The Bertz CT molecular complexity index is 484. The van der Waals surface area contributed by atoms with Crippen molar-refractivity contribution in [2.75, 3.05) is 26.8 Å². The molecule has 0 spiro atoms. The molecule has 23 heavy (non-hydrogen) atoms. The van der Waals surface area contributed by atoms with Gasteiger partial charge in [-0.15, -0.1) is 0 Å². The molecule has 130 valence electrons. The van der Waals surface area contributed by atoms with Crippen LogP contribution in [0.4, 0.5) is 13.2 Å². The zero-order chi connectivity index (χ0) is 17.5. The van der Waals surface area contributed by atoms with Gasteiger partial charge in [0.1, 0.15) is 0 Å². The molecule has 1 aromatic rings. The first-order valence-electron chi connectivity index (χ1n) is 7.67. The molecule has 1 amide bonds. The highest BCUT2D eigenvalue weighted by atomic mass is 19.4. The van der Waals surface area contributed by atoms with E-state index in [2.05, 4.69) is 0 Å². The van der Waals surface area contributed by atoms with Crippen molar-refractivity contribution < 1.29 is 22.7 Å². The van der Waals surface area contributed by atoms with Crippen LogP contribution in [0, 0.1) is 5.92 Å². The van der Waals surface area contributed by atoms with E-state index in [1.54, 1.807) is 12.0 Å². The summed E-state index contributed by atoms with van der Waals surface area (Å²) in [5.41, 5.74) is 0.0525. The number of ether oxygens (including phenoxy) is 1. The lowest BCUT2D eigenvalue weighted by atomic mass is 10.1. The van der Waals surface area contributed by atoms with Crippen molar-refractivity contribution in [2.45, 2.75) is 32.9 Å². The highest BCUT2D eigenvalue weighted by molar-refractivity contribution is 5.76. The first kappa shape index (κ1) is 19.5. The van der Waals surface area contributed by atoms with Crippen LogP contribution >= 0.6 is 0 Å². The molecule has 6 heteroatoms. The third-order valence-electron chi connectivity index (χ3n) is 3.41. The third-order valence-corrected chi connectivity index (χ3v) is 3.41. The minimum Gasteiger partial charge on any atom is -0.383 e. The summed E-state index contributed by atoms with van der Waals surface area (Å²) < 4.78 is 42.5. The predicted molar refractivity (Wildman–Crippen MR) is 83.1 cm³/mol. The van der Waals surface area contributed by atoms with E-state index < -0.39 is 11.7 Å². The fraction of sp³-hybridized carbons (Fsp3) is 0.588. The number of aryl methyl sites for hydroxylation is 1. The second-order valence-corrected chi connectivity index (χ2v) is 5.92. The van der Waals surface area contributed by atoms with E-state index in [1.807, 2.05) is 13.8 Å². The number of hydrogen-bond acceptors (Lipinski definition) is 2. The largest absolute Gasteiger partial charge is 0.416 e. The molecule has 0 aliphatic heterocycles. The van der Waals surface area contributed by atoms with Gasteiger partial charge >= 0.3 is 6.18 Å². The third kappa shape index (κ3) is 7.03. The Hall–Kier alpha value is -1.56. The number of nitrogens with zero attached hydrogens (tertiary/aromatic N) is 1. The summed E-state index contributed by atoms with van der Waals surface area (Å²) in [4.78, 5) is 14.0. The number of amides is 1. The number of halogens is 3. The van der Waals surface area contributed by atoms with E-state index in [1.165, 1.54) is 12.1 Å². The van der Waals surface area contributed by atoms with Crippen molar-refractivity contribution in [3.8, 4) is 0 Å². The Morgan fingerprint density at radius 3 is 2.30 bits per heavy atom. The first-order valence-corrected chi connectivity index (χ1v) is 7.67. The number of methoxy groups -OCH3 is 1. The van der Waals surface area contributed by atoms with Gasteiger partial charge in [-0.1, -0.05) is 26.0 Å². The van der Waals surface area contributed by atoms with Crippen molar-refractivity contribution in [2.24, 2.45) is 5.92 Å². The highest BCUT2D eigenvalue weighted by Gasteiger charge is 2.29. The van der Waals surface area contributed by atoms with Crippen LogP contribution in [0.25, 0.3) is 0 Å². The Balaban J connectivity index is 2.58. The van der Waals surface area contributed by atoms with E-state index in [0.29, 0.717) is 32.0 Å². The molecule has 1 rings (SSSR count). The predicted octanol–water partition coefficient (Wildman–Crippen LogP) is 3.77. The molecule has 0 saturated heterocycles. The van der Waals surface area contributed by atoms with E-state index in [9.17, 15) is 18.0 Å². The van der Waals surface area contributed by atoms with Gasteiger partial charge in [0, 0.05) is 26.6 Å². The van der Waals surface area contributed by atoms with Gasteiger partial charge in [0.05, 0.1) is 12.2 Å². The molecule has 0 unspecified atom stereocenters. The molecule has 0 radical (unpaired) electrons.